The smallest absolute Gasteiger partial charge is 0.0713 e. The zero-order valence-corrected chi connectivity index (χ0v) is 27.2. The molecule has 0 bridgehead atoms. The van der Waals surface area contributed by atoms with Gasteiger partial charge >= 0.3 is 0 Å². The summed E-state index contributed by atoms with van der Waals surface area (Å²) >= 11 is 7.54. The maximum Gasteiger partial charge on any atom is 0.0713 e. The maximum atomic E-state index is 3.77. The van der Waals surface area contributed by atoms with E-state index in [1.807, 2.05) is 0 Å². The molecule has 7 rings (SSSR count). The fourth-order valence-electron chi connectivity index (χ4n) is 7.33. The maximum absolute atomic E-state index is 3.77. The molecule has 6 aromatic rings. The second-order valence-electron chi connectivity index (χ2n) is 11.7. The highest BCUT2D eigenvalue weighted by molar-refractivity contribution is 9.10. The van der Waals surface area contributed by atoms with Crippen molar-refractivity contribution in [3.8, 4) is 11.1 Å². The van der Waals surface area contributed by atoms with Gasteiger partial charge in [0.1, 0.15) is 0 Å². The molecule has 0 saturated heterocycles. The van der Waals surface area contributed by atoms with Crippen LogP contribution in [0.4, 0.5) is 0 Å². The normalized spacial score (nSPS) is 13.5. The van der Waals surface area contributed by atoms with Crippen LogP contribution in [0, 0.1) is 0 Å². The number of benzene rings is 5. The fraction of sp³-hybridized carbons (Fsp3) is 0.231. The second-order valence-corrected chi connectivity index (χ2v) is 13.5. The number of aryl methyl sites for hydroxylation is 1. The zero-order valence-electron chi connectivity index (χ0n) is 24.0. The Labute approximate surface area is 265 Å². The van der Waals surface area contributed by atoms with E-state index >= 15 is 0 Å². The molecule has 0 N–H and O–H groups in total. The number of hydrogen-bond acceptors (Lipinski definition) is 0. The summed E-state index contributed by atoms with van der Waals surface area (Å²) in [7, 11) is 0. The molecule has 3 heteroatoms. The molecule has 0 fully saturated rings. The lowest BCUT2D eigenvalue weighted by atomic mass is 9.67. The van der Waals surface area contributed by atoms with E-state index in [9.17, 15) is 0 Å². The third kappa shape index (κ3) is 4.48. The summed E-state index contributed by atoms with van der Waals surface area (Å²) in [6.07, 6.45) is 7.84. The number of fused-ring (bicyclic) bond motifs is 6. The molecule has 210 valence electrons. The summed E-state index contributed by atoms with van der Waals surface area (Å²) in [5.41, 5.74) is 10.1. The van der Waals surface area contributed by atoms with Crippen molar-refractivity contribution in [3.63, 3.8) is 0 Å². The van der Waals surface area contributed by atoms with Gasteiger partial charge in [0.25, 0.3) is 0 Å². The molecule has 0 aliphatic heterocycles. The average Bonchev–Trinajstić information content (AvgIpc) is 3.49. The van der Waals surface area contributed by atoms with Crippen molar-refractivity contribution < 1.29 is 0 Å². The number of aromatic nitrogens is 1. The van der Waals surface area contributed by atoms with Gasteiger partial charge in [0.15, 0.2) is 0 Å². The van der Waals surface area contributed by atoms with Gasteiger partial charge in [-0.2, -0.15) is 0 Å². The molecule has 0 spiro atoms. The van der Waals surface area contributed by atoms with E-state index in [1.54, 1.807) is 0 Å². The van der Waals surface area contributed by atoms with Crippen LogP contribution in [-0.4, -0.2) is 4.57 Å². The van der Waals surface area contributed by atoms with Crippen molar-refractivity contribution in [1.82, 2.24) is 4.57 Å². The van der Waals surface area contributed by atoms with E-state index in [4.69, 9.17) is 0 Å². The Morgan fingerprint density at radius 1 is 0.548 bits per heavy atom. The molecule has 42 heavy (non-hydrogen) atoms. The lowest BCUT2D eigenvalue weighted by Gasteiger charge is -2.34. The van der Waals surface area contributed by atoms with E-state index in [2.05, 4.69) is 153 Å². The quantitative estimate of drug-likeness (QED) is 0.134. The summed E-state index contributed by atoms with van der Waals surface area (Å²) in [6.45, 7) is 3.35. The molecule has 0 amide bonds. The predicted octanol–water partition coefficient (Wildman–Crippen LogP) is 12.0. The van der Waals surface area contributed by atoms with Crippen molar-refractivity contribution in [2.45, 2.75) is 57.4 Å². The number of para-hydroxylation sites is 1. The number of nitrogens with zero attached hydrogens (tertiary/aromatic N) is 1. The van der Waals surface area contributed by atoms with Gasteiger partial charge in [0, 0.05) is 37.3 Å². The number of unbranched alkanes of at least 4 members (excludes halogenated alkanes) is 5. The highest BCUT2D eigenvalue weighted by atomic mass is 79.9. The van der Waals surface area contributed by atoms with Gasteiger partial charge in [-0.1, -0.05) is 138 Å². The Morgan fingerprint density at radius 3 is 1.88 bits per heavy atom. The SMILES string of the molecule is CCCCCCCCn1c2ccccc2c2cc(C3(c4ccccc4)c4ccc(Br)cc4-c4cc(Br)ccc43)ccc21. The van der Waals surface area contributed by atoms with Crippen molar-refractivity contribution in [1.29, 1.82) is 0 Å². The van der Waals surface area contributed by atoms with Crippen LogP contribution >= 0.6 is 31.9 Å². The van der Waals surface area contributed by atoms with Gasteiger partial charge < -0.3 is 4.57 Å². The van der Waals surface area contributed by atoms with E-state index in [-0.39, 0.29) is 0 Å². The molecular weight excluding hydrogens is 642 g/mol. The molecule has 0 atom stereocenters. The molecule has 5 aromatic carbocycles. The van der Waals surface area contributed by atoms with Crippen molar-refractivity contribution >= 4 is 53.7 Å². The van der Waals surface area contributed by atoms with Gasteiger partial charge in [-0.25, -0.2) is 0 Å². The largest absolute Gasteiger partial charge is 0.340 e. The standard InChI is InChI=1S/C39H35Br2N/c1-2-3-4-5-6-12-23-42-37-16-11-10-15-31(37)34-24-28(17-22-38(34)42)39(27-13-8-7-9-14-27)35-20-18-29(40)25-32(35)33-26-30(41)19-21-36(33)39/h7-11,13-22,24-26H,2-6,12,23H2,1H3. The van der Waals surface area contributed by atoms with Crippen LogP contribution in [0.5, 0.6) is 0 Å². The Morgan fingerprint density at radius 2 is 1.17 bits per heavy atom. The summed E-state index contributed by atoms with van der Waals surface area (Å²) in [6, 6.07) is 41.0. The summed E-state index contributed by atoms with van der Waals surface area (Å²) < 4.78 is 4.77. The van der Waals surface area contributed by atoms with Crippen molar-refractivity contribution in [2.24, 2.45) is 0 Å². The first-order valence-corrected chi connectivity index (χ1v) is 16.9. The number of rotatable bonds is 9. The Hall–Kier alpha value is -3.14. The lowest BCUT2D eigenvalue weighted by Crippen LogP contribution is -2.28. The minimum Gasteiger partial charge on any atom is -0.340 e. The molecule has 0 saturated carbocycles. The molecule has 0 unspecified atom stereocenters. The second kappa shape index (κ2) is 11.5. The number of halogens is 2. The Kier molecular flexibility index (Phi) is 7.58. The van der Waals surface area contributed by atoms with E-state index in [0.29, 0.717) is 0 Å². The zero-order chi connectivity index (χ0) is 28.7. The molecule has 0 radical (unpaired) electrons. The predicted molar refractivity (Wildman–Crippen MR) is 186 cm³/mol. The molecule has 1 aromatic heterocycles. The van der Waals surface area contributed by atoms with Crippen LogP contribution in [0.1, 0.15) is 67.7 Å². The van der Waals surface area contributed by atoms with Gasteiger partial charge in [0.05, 0.1) is 5.41 Å². The minimum absolute atomic E-state index is 0.413. The van der Waals surface area contributed by atoms with E-state index < -0.39 is 5.41 Å². The average molecular weight is 678 g/mol. The first kappa shape index (κ1) is 27.7. The summed E-state index contributed by atoms with van der Waals surface area (Å²) in [5, 5.41) is 2.68. The van der Waals surface area contributed by atoms with Crippen LogP contribution in [0.15, 0.2) is 118 Å². The molecule has 1 aliphatic rings. The van der Waals surface area contributed by atoms with Crippen LogP contribution < -0.4 is 0 Å². The molecule has 1 nitrogen and oxygen atoms in total. The Balaban J connectivity index is 1.45. The van der Waals surface area contributed by atoms with E-state index in [1.165, 1.54) is 93.7 Å². The first-order valence-electron chi connectivity index (χ1n) is 15.3. The topological polar surface area (TPSA) is 4.93 Å². The number of hydrogen-bond donors (Lipinski definition) is 0. The fourth-order valence-corrected chi connectivity index (χ4v) is 8.05. The van der Waals surface area contributed by atoms with Crippen LogP contribution in [-0.2, 0) is 12.0 Å². The third-order valence-electron chi connectivity index (χ3n) is 9.21. The van der Waals surface area contributed by atoms with Gasteiger partial charge in [0.2, 0.25) is 0 Å². The molecular formula is C39H35Br2N. The highest BCUT2D eigenvalue weighted by Crippen LogP contribution is 2.57. The van der Waals surface area contributed by atoms with Gasteiger partial charge in [-0.05, 0) is 82.3 Å². The van der Waals surface area contributed by atoms with Gasteiger partial charge in [-0.15, -0.1) is 0 Å². The van der Waals surface area contributed by atoms with Crippen molar-refractivity contribution in [3.05, 3.63) is 140 Å². The van der Waals surface area contributed by atoms with Crippen molar-refractivity contribution in [2.75, 3.05) is 0 Å². The molecule has 1 aliphatic carbocycles. The summed E-state index contributed by atoms with van der Waals surface area (Å²) in [4.78, 5) is 0. The van der Waals surface area contributed by atoms with Gasteiger partial charge in [-0.3, -0.25) is 0 Å². The van der Waals surface area contributed by atoms with Crippen LogP contribution in [0.2, 0.25) is 0 Å². The molecule has 1 heterocycles. The monoisotopic (exact) mass is 675 g/mol. The lowest BCUT2D eigenvalue weighted by molar-refractivity contribution is 0.571. The Bertz CT molecular complexity index is 1850. The van der Waals surface area contributed by atoms with E-state index in [0.717, 1.165) is 15.5 Å². The first-order chi connectivity index (χ1) is 20.6. The minimum atomic E-state index is -0.413. The summed E-state index contributed by atoms with van der Waals surface area (Å²) in [5.74, 6) is 0. The van der Waals surface area contributed by atoms with Crippen LogP contribution in [0.3, 0.4) is 0 Å². The third-order valence-corrected chi connectivity index (χ3v) is 10.2. The highest BCUT2D eigenvalue weighted by Gasteiger charge is 2.46. The van der Waals surface area contributed by atoms with Crippen LogP contribution in [0.25, 0.3) is 32.9 Å².